The first-order chi connectivity index (χ1) is 16.7. The molecular formula is C27H42N2O6. The van der Waals surface area contributed by atoms with Crippen molar-refractivity contribution in [2.45, 2.75) is 78.0 Å². The third-order valence-corrected chi connectivity index (χ3v) is 8.50. The summed E-state index contributed by atoms with van der Waals surface area (Å²) in [4.78, 5) is 25.2. The Morgan fingerprint density at radius 3 is 2.46 bits per heavy atom. The van der Waals surface area contributed by atoms with E-state index < -0.39 is 23.7 Å². The first-order valence-electron chi connectivity index (χ1n) is 12.8. The minimum Gasteiger partial charge on any atom is -0.497 e. The van der Waals surface area contributed by atoms with Crippen LogP contribution in [0.25, 0.3) is 0 Å². The number of fused-ring (bicyclic) bond motifs is 1. The highest BCUT2D eigenvalue weighted by atomic mass is 16.6. The second kappa shape index (κ2) is 11.6. The van der Waals surface area contributed by atoms with Crippen molar-refractivity contribution < 1.29 is 29.3 Å². The smallest absolute Gasteiger partial charge is 0.407 e. The molecule has 4 N–H and O–H groups in total. The molecule has 8 heteroatoms. The summed E-state index contributed by atoms with van der Waals surface area (Å²) in [5, 5.41) is 27.2. The van der Waals surface area contributed by atoms with Gasteiger partial charge in [0.05, 0.1) is 19.8 Å². The number of ether oxygens (including phenoxy) is 2. The monoisotopic (exact) mass is 490 g/mol. The summed E-state index contributed by atoms with van der Waals surface area (Å²) in [6.45, 7) is 6.91. The lowest BCUT2D eigenvalue weighted by atomic mass is 9.46. The van der Waals surface area contributed by atoms with E-state index in [-0.39, 0.29) is 36.2 Å². The van der Waals surface area contributed by atoms with E-state index in [0.717, 1.165) is 24.2 Å². The molecule has 2 amide bonds. The van der Waals surface area contributed by atoms with Crippen LogP contribution in [0.3, 0.4) is 0 Å². The zero-order chi connectivity index (χ0) is 25.6. The van der Waals surface area contributed by atoms with E-state index >= 15 is 0 Å². The van der Waals surface area contributed by atoms with Gasteiger partial charge >= 0.3 is 6.09 Å². The fraction of sp³-hybridized carbons (Fsp3) is 0.704. The SMILES string of the molecule is CCCNC(=O)O[C@@H]1CC[C@]2(C)C(CC[C@@H](O)[C@H]2CC(=O)NCc2ccc(OC)cc2)[C@]1(C)CO. The molecule has 0 radical (unpaired) electrons. The van der Waals surface area contributed by atoms with Crippen LogP contribution >= 0.6 is 0 Å². The van der Waals surface area contributed by atoms with Gasteiger partial charge in [0.15, 0.2) is 0 Å². The summed E-state index contributed by atoms with van der Waals surface area (Å²) in [7, 11) is 1.61. The molecule has 2 aliphatic rings. The number of amides is 2. The fourth-order valence-corrected chi connectivity index (χ4v) is 6.39. The van der Waals surface area contributed by atoms with Crippen molar-refractivity contribution in [3.05, 3.63) is 29.8 Å². The van der Waals surface area contributed by atoms with Gasteiger partial charge in [-0.2, -0.15) is 0 Å². The standard InChI is InChI=1S/C27H42N2O6/c1-5-14-28-25(33)35-23-12-13-26(2)20(21(31)10-11-22(26)27(23,3)17-30)15-24(32)29-16-18-6-8-19(34-4)9-7-18/h6-9,20-23,30-31H,5,10-17H2,1-4H3,(H,28,33)(H,29,32)/t20-,21-,22?,23-,26+,27+/m1/s1. The molecule has 2 saturated carbocycles. The van der Waals surface area contributed by atoms with Gasteiger partial charge in [-0.3, -0.25) is 4.79 Å². The molecule has 2 fully saturated rings. The van der Waals surface area contributed by atoms with Gasteiger partial charge in [0.25, 0.3) is 0 Å². The van der Waals surface area contributed by atoms with Crippen LogP contribution in [0, 0.1) is 22.7 Å². The Morgan fingerprint density at radius 1 is 1.11 bits per heavy atom. The zero-order valence-corrected chi connectivity index (χ0v) is 21.5. The summed E-state index contributed by atoms with van der Waals surface area (Å²) >= 11 is 0. The number of hydrogen-bond donors (Lipinski definition) is 4. The molecule has 0 heterocycles. The van der Waals surface area contributed by atoms with Crippen LogP contribution in [0.5, 0.6) is 5.75 Å². The molecule has 0 spiro atoms. The summed E-state index contributed by atoms with van der Waals surface area (Å²) in [6, 6.07) is 7.54. The van der Waals surface area contributed by atoms with Crippen LogP contribution in [0.2, 0.25) is 0 Å². The molecule has 0 aliphatic heterocycles. The second-order valence-electron chi connectivity index (χ2n) is 10.7. The van der Waals surface area contributed by atoms with E-state index in [1.807, 2.05) is 38.1 Å². The highest BCUT2D eigenvalue weighted by Gasteiger charge is 2.60. The summed E-state index contributed by atoms with van der Waals surface area (Å²) in [5.74, 6) is 0.437. The summed E-state index contributed by atoms with van der Waals surface area (Å²) in [6.07, 6.45) is 2.15. The third kappa shape index (κ3) is 5.92. The van der Waals surface area contributed by atoms with Gasteiger partial charge < -0.3 is 30.3 Å². The Balaban J connectivity index is 1.69. The highest BCUT2D eigenvalue weighted by Crippen LogP contribution is 2.61. The van der Waals surface area contributed by atoms with Crippen LogP contribution in [0.15, 0.2) is 24.3 Å². The van der Waals surface area contributed by atoms with Crippen molar-refractivity contribution in [3.63, 3.8) is 0 Å². The van der Waals surface area contributed by atoms with Crippen molar-refractivity contribution >= 4 is 12.0 Å². The van der Waals surface area contributed by atoms with Gasteiger partial charge in [0.2, 0.25) is 5.91 Å². The molecule has 0 aromatic heterocycles. The quantitative estimate of drug-likeness (QED) is 0.422. The number of hydrogen-bond acceptors (Lipinski definition) is 6. The number of methoxy groups -OCH3 is 1. The number of aliphatic hydroxyl groups excluding tert-OH is 2. The average Bonchev–Trinajstić information content (AvgIpc) is 2.85. The maximum absolute atomic E-state index is 12.9. The second-order valence-corrected chi connectivity index (χ2v) is 10.7. The Bertz CT molecular complexity index is 862. The average molecular weight is 491 g/mol. The number of carbonyl (C=O) groups excluding carboxylic acids is 2. The lowest BCUT2D eigenvalue weighted by Gasteiger charge is -2.60. The van der Waals surface area contributed by atoms with Gasteiger partial charge in [-0.05, 0) is 67.1 Å². The normalized spacial score (nSPS) is 32.3. The van der Waals surface area contributed by atoms with E-state index in [2.05, 4.69) is 17.6 Å². The Hall–Kier alpha value is -2.32. The minimum absolute atomic E-state index is 0.0144. The molecule has 0 saturated heterocycles. The van der Waals surface area contributed by atoms with Gasteiger partial charge in [-0.15, -0.1) is 0 Å². The molecular weight excluding hydrogens is 448 g/mol. The van der Waals surface area contributed by atoms with Crippen LogP contribution in [0.4, 0.5) is 4.79 Å². The maximum Gasteiger partial charge on any atom is 0.407 e. The van der Waals surface area contributed by atoms with Crippen molar-refractivity contribution in [3.8, 4) is 5.75 Å². The topological polar surface area (TPSA) is 117 Å². The third-order valence-electron chi connectivity index (χ3n) is 8.50. The number of benzene rings is 1. The first-order valence-corrected chi connectivity index (χ1v) is 12.8. The number of aliphatic hydroxyl groups is 2. The molecule has 1 aromatic carbocycles. The van der Waals surface area contributed by atoms with Gasteiger partial charge in [-0.25, -0.2) is 4.79 Å². The lowest BCUT2D eigenvalue weighted by molar-refractivity contribution is -0.186. The Kier molecular flexibility index (Phi) is 9.05. The van der Waals surface area contributed by atoms with E-state index in [9.17, 15) is 19.8 Å². The Labute approximate surface area is 208 Å². The molecule has 1 aromatic rings. The highest BCUT2D eigenvalue weighted by molar-refractivity contribution is 5.76. The zero-order valence-electron chi connectivity index (χ0n) is 21.5. The number of alkyl carbamates (subject to hydrolysis) is 1. The largest absolute Gasteiger partial charge is 0.497 e. The predicted octanol–water partition coefficient (Wildman–Crippen LogP) is 3.39. The van der Waals surface area contributed by atoms with Crippen molar-refractivity contribution in [2.75, 3.05) is 20.3 Å². The van der Waals surface area contributed by atoms with E-state index in [1.54, 1.807) is 7.11 Å². The minimum atomic E-state index is -0.644. The first kappa shape index (κ1) is 27.3. The fourth-order valence-electron chi connectivity index (χ4n) is 6.39. The van der Waals surface area contributed by atoms with Crippen LogP contribution in [-0.4, -0.2) is 54.7 Å². The van der Waals surface area contributed by atoms with Crippen LogP contribution in [-0.2, 0) is 16.1 Å². The molecule has 35 heavy (non-hydrogen) atoms. The lowest BCUT2D eigenvalue weighted by Crippen LogP contribution is -2.61. The molecule has 2 aliphatic carbocycles. The van der Waals surface area contributed by atoms with Gasteiger partial charge in [0, 0.05) is 24.9 Å². The maximum atomic E-state index is 12.9. The summed E-state index contributed by atoms with van der Waals surface area (Å²) < 4.78 is 11.0. The van der Waals surface area contributed by atoms with Crippen molar-refractivity contribution in [1.82, 2.24) is 10.6 Å². The number of carbonyl (C=O) groups is 2. The number of rotatable bonds is 9. The van der Waals surface area contributed by atoms with Crippen LogP contribution in [0.1, 0.15) is 64.9 Å². The molecule has 3 rings (SSSR count). The van der Waals surface area contributed by atoms with Gasteiger partial charge in [0.1, 0.15) is 11.9 Å². The van der Waals surface area contributed by atoms with Crippen molar-refractivity contribution in [2.24, 2.45) is 22.7 Å². The summed E-state index contributed by atoms with van der Waals surface area (Å²) in [5.41, 5.74) is -0.0276. The molecule has 196 valence electrons. The van der Waals surface area contributed by atoms with E-state index in [1.165, 1.54) is 0 Å². The molecule has 8 nitrogen and oxygen atoms in total. The predicted molar refractivity (Wildman–Crippen MR) is 133 cm³/mol. The Morgan fingerprint density at radius 2 is 1.83 bits per heavy atom. The van der Waals surface area contributed by atoms with Crippen molar-refractivity contribution in [1.29, 1.82) is 0 Å². The van der Waals surface area contributed by atoms with Gasteiger partial charge in [-0.1, -0.05) is 32.9 Å². The molecule has 6 atom stereocenters. The number of nitrogens with one attached hydrogen (secondary N) is 2. The van der Waals surface area contributed by atoms with E-state index in [0.29, 0.717) is 32.4 Å². The van der Waals surface area contributed by atoms with E-state index in [4.69, 9.17) is 9.47 Å². The molecule has 1 unspecified atom stereocenters. The molecule has 0 bridgehead atoms. The van der Waals surface area contributed by atoms with Crippen LogP contribution < -0.4 is 15.4 Å².